The number of hydrogen-bond acceptors (Lipinski definition) is 2. The molecule has 1 heterocycles. The fourth-order valence-corrected chi connectivity index (χ4v) is 1.60. The molecule has 16 heavy (non-hydrogen) atoms. The maximum Gasteiger partial charge on any atom is 0.140 e. The van der Waals surface area contributed by atoms with Crippen LogP contribution in [0.1, 0.15) is 5.69 Å². The van der Waals surface area contributed by atoms with Crippen LogP contribution in [0.4, 0.5) is 8.78 Å². The lowest BCUT2D eigenvalue weighted by Gasteiger charge is -2.01. The van der Waals surface area contributed by atoms with Gasteiger partial charge in [-0.2, -0.15) is 0 Å². The van der Waals surface area contributed by atoms with Gasteiger partial charge in [0.2, 0.25) is 0 Å². The van der Waals surface area contributed by atoms with Crippen LogP contribution in [-0.4, -0.2) is 15.1 Å². The lowest BCUT2D eigenvalue weighted by atomic mass is 10.2. The minimum atomic E-state index is -0.591. The van der Waals surface area contributed by atoms with Crippen LogP contribution in [0.2, 0.25) is 0 Å². The maximum absolute atomic E-state index is 13.5. The molecule has 0 radical (unpaired) electrons. The summed E-state index contributed by atoms with van der Waals surface area (Å²) in [5.74, 6) is -0.974. The van der Waals surface area contributed by atoms with Crippen molar-refractivity contribution >= 4 is 15.9 Å². The Morgan fingerprint density at radius 2 is 2.06 bits per heavy atom. The van der Waals surface area contributed by atoms with Gasteiger partial charge in [0.1, 0.15) is 17.5 Å². The van der Waals surface area contributed by atoms with Gasteiger partial charge in [-0.05, 0) is 28.1 Å². The second-order valence-corrected chi connectivity index (χ2v) is 4.02. The standard InChI is InChI=1S/C10H7BrF2N2O/c11-7-2-8(12)6(1-9(7)13)10-14-3-5(4-16)15-10/h1-3,16H,4H2,(H,14,15). The fraction of sp³-hybridized carbons (Fsp3) is 0.100. The van der Waals surface area contributed by atoms with Gasteiger partial charge in [0.05, 0.1) is 28.5 Å². The summed E-state index contributed by atoms with van der Waals surface area (Å²) in [7, 11) is 0. The van der Waals surface area contributed by atoms with E-state index < -0.39 is 11.6 Å². The van der Waals surface area contributed by atoms with Crippen molar-refractivity contribution in [1.29, 1.82) is 0 Å². The Morgan fingerprint density at radius 1 is 1.31 bits per heavy atom. The first-order valence-electron chi connectivity index (χ1n) is 4.41. The number of aliphatic hydroxyl groups excluding tert-OH is 1. The van der Waals surface area contributed by atoms with Crippen LogP contribution in [0.3, 0.4) is 0 Å². The van der Waals surface area contributed by atoms with Gasteiger partial charge < -0.3 is 10.1 Å². The van der Waals surface area contributed by atoms with Crippen LogP contribution in [0.15, 0.2) is 22.8 Å². The first kappa shape index (κ1) is 11.2. The van der Waals surface area contributed by atoms with Crippen molar-refractivity contribution in [2.75, 3.05) is 0 Å². The highest BCUT2D eigenvalue weighted by Crippen LogP contribution is 2.26. The number of benzene rings is 1. The highest BCUT2D eigenvalue weighted by molar-refractivity contribution is 9.10. The third kappa shape index (κ3) is 1.98. The van der Waals surface area contributed by atoms with Crippen molar-refractivity contribution in [3.05, 3.63) is 40.1 Å². The molecule has 3 nitrogen and oxygen atoms in total. The molecule has 0 aliphatic rings. The van der Waals surface area contributed by atoms with Gasteiger partial charge in [0.15, 0.2) is 0 Å². The van der Waals surface area contributed by atoms with Crippen LogP contribution >= 0.6 is 15.9 Å². The Morgan fingerprint density at radius 3 is 2.69 bits per heavy atom. The van der Waals surface area contributed by atoms with Gasteiger partial charge in [0.25, 0.3) is 0 Å². The molecule has 1 aromatic carbocycles. The summed E-state index contributed by atoms with van der Waals surface area (Å²) in [5.41, 5.74) is 0.470. The minimum Gasteiger partial charge on any atom is -0.390 e. The average Bonchev–Trinajstić information content (AvgIpc) is 2.71. The molecule has 84 valence electrons. The molecule has 0 spiro atoms. The van der Waals surface area contributed by atoms with Crippen molar-refractivity contribution in [3.8, 4) is 11.4 Å². The molecule has 1 aromatic heterocycles. The summed E-state index contributed by atoms with van der Waals surface area (Å²) in [4.78, 5) is 6.53. The molecule has 2 aromatic rings. The predicted molar refractivity (Wildman–Crippen MR) is 57.6 cm³/mol. The zero-order chi connectivity index (χ0) is 11.7. The normalized spacial score (nSPS) is 10.8. The highest BCUT2D eigenvalue weighted by atomic mass is 79.9. The molecule has 0 aliphatic heterocycles. The second kappa shape index (κ2) is 4.31. The molecule has 6 heteroatoms. The van der Waals surface area contributed by atoms with E-state index in [4.69, 9.17) is 5.11 Å². The Kier molecular flexibility index (Phi) is 3.02. The van der Waals surface area contributed by atoms with E-state index in [1.807, 2.05) is 0 Å². The Labute approximate surface area is 98.3 Å². The zero-order valence-electron chi connectivity index (χ0n) is 7.97. The molecule has 0 saturated heterocycles. The van der Waals surface area contributed by atoms with E-state index in [1.54, 1.807) is 0 Å². The van der Waals surface area contributed by atoms with E-state index in [0.29, 0.717) is 5.69 Å². The molecule has 0 amide bonds. The number of halogens is 3. The van der Waals surface area contributed by atoms with E-state index in [9.17, 15) is 8.78 Å². The molecule has 0 atom stereocenters. The van der Waals surface area contributed by atoms with E-state index in [1.165, 1.54) is 6.20 Å². The maximum atomic E-state index is 13.5. The van der Waals surface area contributed by atoms with E-state index >= 15 is 0 Å². The van der Waals surface area contributed by atoms with Gasteiger partial charge in [-0.1, -0.05) is 0 Å². The van der Waals surface area contributed by atoms with Gasteiger partial charge >= 0.3 is 0 Å². The number of aromatic nitrogens is 2. The molecular formula is C10H7BrF2N2O. The Balaban J connectivity index is 2.51. The van der Waals surface area contributed by atoms with Gasteiger partial charge in [0, 0.05) is 0 Å². The molecular weight excluding hydrogens is 282 g/mol. The minimum absolute atomic E-state index is 0.0281. The van der Waals surface area contributed by atoms with E-state index in [0.717, 1.165) is 12.1 Å². The number of aliphatic hydroxyl groups is 1. The summed E-state index contributed by atoms with van der Waals surface area (Å²) >= 11 is 2.89. The van der Waals surface area contributed by atoms with Crippen LogP contribution in [0, 0.1) is 11.6 Å². The van der Waals surface area contributed by atoms with E-state index in [2.05, 4.69) is 25.9 Å². The van der Waals surface area contributed by atoms with Crippen molar-refractivity contribution in [3.63, 3.8) is 0 Å². The molecule has 0 unspecified atom stereocenters. The SMILES string of the molecule is OCc1cnc(-c2cc(F)c(Br)cc2F)[nH]1. The van der Waals surface area contributed by atoms with Crippen molar-refractivity contribution in [2.24, 2.45) is 0 Å². The molecule has 2 N–H and O–H groups in total. The predicted octanol–water partition coefficient (Wildman–Crippen LogP) is 2.61. The third-order valence-electron chi connectivity index (χ3n) is 2.06. The van der Waals surface area contributed by atoms with Crippen LogP contribution < -0.4 is 0 Å². The largest absolute Gasteiger partial charge is 0.390 e. The summed E-state index contributed by atoms with van der Waals surface area (Å²) in [6.07, 6.45) is 1.37. The lowest BCUT2D eigenvalue weighted by Crippen LogP contribution is -1.90. The topological polar surface area (TPSA) is 48.9 Å². The van der Waals surface area contributed by atoms with Gasteiger partial charge in [-0.3, -0.25) is 0 Å². The number of H-pyrrole nitrogens is 1. The molecule has 0 bridgehead atoms. The number of imidazole rings is 1. The first-order chi connectivity index (χ1) is 7.61. The number of aromatic amines is 1. The summed E-state index contributed by atoms with van der Waals surface area (Å²) in [5, 5.41) is 8.82. The fourth-order valence-electron chi connectivity index (χ4n) is 1.28. The first-order valence-corrected chi connectivity index (χ1v) is 5.20. The van der Waals surface area contributed by atoms with Gasteiger partial charge in [-0.25, -0.2) is 13.8 Å². The average molecular weight is 289 g/mol. The van der Waals surface area contributed by atoms with Gasteiger partial charge in [-0.15, -0.1) is 0 Å². The Bertz CT molecular complexity index is 528. The van der Waals surface area contributed by atoms with Crippen LogP contribution in [0.5, 0.6) is 0 Å². The number of rotatable bonds is 2. The summed E-state index contributed by atoms with van der Waals surface area (Å²) in [6, 6.07) is 2.07. The quantitative estimate of drug-likeness (QED) is 0.835. The Hall–Kier alpha value is -1.27. The molecule has 0 saturated carbocycles. The lowest BCUT2D eigenvalue weighted by molar-refractivity contribution is 0.277. The third-order valence-corrected chi connectivity index (χ3v) is 2.67. The van der Waals surface area contributed by atoms with Crippen molar-refractivity contribution in [2.45, 2.75) is 6.61 Å². The molecule has 0 fully saturated rings. The number of hydrogen-bond donors (Lipinski definition) is 2. The molecule has 0 aliphatic carbocycles. The second-order valence-electron chi connectivity index (χ2n) is 3.16. The number of nitrogens with zero attached hydrogens (tertiary/aromatic N) is 1. The molecule has 2 rings (SSSR count). The van der Waals surface area contributed by atoms with Crippen molar-refractivity contribution < 1.29 is 13.9 Å². The number of nitrogens with one attached hydrogen (secondary N) is 1. The van der Waals surface area contributed by atoms with Crippen LogP contribution in [0.25, 0.3) is 11.4 Å². The monoisotopic (exact) mass is 288 g/mol. The summed E-state index contributed by atoms with van der Waals surface area (Å²) in [6.45, 7) is -0.229. The van der Waals surface area contributed by atoms with Crippen molar-refractivity contribution in [1.82, 2.24) is 9.97 Å². The zero-order valence-corrected chi connectivity index (χ0v) is 9.55. The highest BCUT2D eigenvalue weighted by Gasteiger charge is 2.12. The van der Waals surface area contributed by atoms with Crippen LogP contribution in [-0.2, 0) is 6.61 Å². The van der Waals surface area contributed by atoms with E-state index in [-0.39, 0.29) is 22.5 Å². The summed E-state index contributed by atoms with van der Waals surface area (Å²) < 4.78 is 26.8. The smallest absolute Gasteiger partial charge is 0.140 e.